The highest BCUT2D eigenvalue weighted by atomic mass is 16.5. The SMILES string of the molecule is CCc1cc(OCC(=O)O)c2c3c(C(N)=O)cccc3n(Cc3ccc4ccccc4c3)c2c1. The summed E-state index contributed by atoms with van der Waals surface area (Å²) >= 11 is 0. The topological polar surface area (TPSA) is 94.6 Å². The summed E-state index contributed by atoms with van der Waals surface area (Å²) in [5.74, 6) is -1.17. The molecule has 6 heteroatoms. The summed E-state index contributed by atoms with van der Waals surface area (Å²) in [7, 11) is 0. The van der Waals surface area contributed by atoms with E-state index in [1.54, 1.807) is 6.07 Å². The second kappa shape index (κ2) is 8.56. The molecule has 0 fully saturated rings. The molecule has 34 heavy (non-hydrogen) atoms. The van der Waals surface area contributed by atoms with Crippen LogP contribution < -0.4 is 10.5 Å². The smallest absolute Gasteiger partial charge is 0.341 e. The molecule has 0 saturated heterocycles. The van der Waals surface area contributed by atoms with E-state index in [-0.39, 0.29) is 0 Å². The fraction of sp³-hybridized carbons (Fsp3) is 0.143. The van der Waals surface area contributed by atoms with Crippen molar-refractivity contribution >= 4 is 44.5 Å². The Morgan fingerprint density at radius 1 is 0.882 bits per heavy atom. The van der Waals surface area contributed by atoms with Crippen LogP contribution in [-0.4, -0.2) is 28.2 Å². The number of ether oxygens (including phenoxy) is 1. The van der Waals surface area contributed by atoms with Gasteiger partial charge in [0, 0.05) is 17.5 Å². The van der Waals surface area contributed by atoms with Gasteiger partial charge in [0.2, 0.25) is 5.91 Å². The molecule has 0 unspecified atom stereocenters. The van der Waals surface area contributed by atoms with E-state index in [1.807, 2.05) is 37.3 Å². The molecule has 1 heterocycles. The number of benzene rings is 4. The normalized spacial score (nSPS) is 11.3. The quantitative estimate of drug-likeness (QED) is 0.358. The molecule has 1 aromatic heterocycles. The number of carboxylic acids is 1. The third kappa shape index (κ3) is 3.73. The molecular formula is C28H24N2O4. The first-order valence-electron chi connectivity index (χ1n) is 11.2. The summed E-state index contributed by atoms with van der Waals surface area (Å²) < 4.78 is 7.87. The van der Waals surface area contributed by atoms with Gasteiger partial charge in [-0.2, -0.15) is 0 Å². The largest absolute Gasteiger partial charge is 0.481 e. The van der Waals surface area contributed by atoms with Gasteiger partial charge in [-0.1, -0.05) is 49.4 Å². The number of amides is 1. The zero-order chi connectivity index (χ0) is 23.8. The van der Waals surface area contributed by atoms with E-state index in [4.69, 9.17) is 10.5 Å². The summed E-state index contributed by atoms with van der Waals surface area (Å²) in [6.07, 6.45) is 0.750. The second-order valence-electron chi connectivity index (χ2n) is 8.36. The number of hydrogen-bond donors (Lipinski definition) is 2. The molecule has 0 aliphatic rings. The lowest BCUT2D eigenvalue weighted by Crippen LogP contribution is -2.12. The summed E-state index contributed by atoms with van der Waals surface area (Å²) in [4.78, 5) is 23.6. The first kappa shape index (κ1) is 21.5. The third-order valence-electron chi connectivity index (χ3n) is 6.19. The van der Waals surface area contributed by atoms with Crippen LogP contribution in [0.25, 0.3) is 32.6 Å². The number of aliphatic carboxylic acids is 1. The highest BCUT2D eigenvalue weighted by molar-refractivity contribution is 6.20. The highest BCUT2D eigenvalue weighted by Gasteiger charge is 2.21. The van der Waals surface area contributed by atoms with Gasteiger partial charge in [-0.05, 0) is 58.7 Å². The van der Waals surface area contributed by atoms with E-state index in [9.17, 15) is 14.7 Å². The molecule has 0 atom stereocenters. The van der Waals surface area contributed by atoms with Crippen molar-refractivity contribution in [2.24, 2.45) is 5.73 Å². The van der Waals surface area contributed by atoms with Crippen LogP contribution in [0, 0.1) is 0 Å². The maximum Gasteiger partial charge on any atom is 0.341 e. The first-order chi connectivity index (χ1) is 16.5. The van der Waals surface area contributed by atoms with Crippen LogP contribution in [0.1, 0.15) is 28.4 Å². The van der Waals surface area contributed by atoms with Crippen molar-refractivity contribution in [3.05, 3.63) is 89.5 Å². The molecule has 4 aromatic carbocycles. The minimum Gasteiger partial charge on any atom is -0.481 e. The predicted molar refractivity (Wildman–Crippen MR) is 134 cm³/mol. The maximum absolute atomic E-state index is 12.4. The Balaban J connectivity index is 1.80. The van der Waals surface area contributed by atoms with Crippen molar-refractivity contribution in [2.75, 3.05) is 6.61 Å². The number of rotatable bonds is 7. The van der Waals surface area contributed by atoms with Crippen LogP contribution in [0.15, 0.2) is 72.8 Å². The van der Waals surface area contributed by atoms with Crippen molar-refractivity contribution in [2.45, 2.75) is 19.9 Å². The van der Waals surface area contributed by atoms with Crippen LogP contribution in [0.3, 0.4) is 0 Å². The Labute approximate surface area is 196 Å². The minimum atomic E-state index is -1.06. The van der Waals surface area contributed by atoms with Crippen molar-refractivity contribution in [1.29, 1.82) is 0 Å². The number of aryl methyl sites for hydroxylation is 1. The lowest BCUT2D eigenvalue weighted by Gasteiger charge is -2.11. The second-order valence-corrected chi connectivity index (χ2v) is 8.36. The number of hydrogen-bond acceptors (Lipinski definition) is 3. The third-order valence-corrected chi connectivity index (χ3v) is 6.19. The van der Waals surface area contributed by atoms with Crippen LogP contribution in [-0.2, 0) is 17.8 Å². The van der Waals surface area contributed by atoms with Crippen molar-refractivity contribution in [3.8, 4) is 5.75 Å². The number of nitrogens with zero attached hydrogens (tertiary/aromatic N) is 1. The Hall–Kier alpha value is -4.32. The summed E-state index contributed by atoms with van der Waals surface area (Å²) in [5.41, 5.74) is 9.95. The molecule has 0 saturated carbocycles. The molecule has 5 aromatic rings. The van der Waals surface area contributed by atoms with Gasteiger partial charge in [-0.3, -0.25) is 4.79 Å². The number of primary amides is 1. The van der Waals surface area contributed by atoms with Crippen molar-refractivity contribution in [1.82, 2.24) is 4.57 Å². The average Bonchev–Trinajstić information content (AvgIpc) is 3.15. The average molecular weight is 453 g/mol. The fourth-order valence-electron chi connectivity index (χ4n) is 4.63. The number of carboxylic acid groups (broad SMARTS) is 1. The zero-order valence-electron chi connectivity index (χ0n) is 18.7. The Morgan fingerprint density at radius 2 is 1.68 bits per heavy atom. The van der Waals surface area contributed by atoms with Gasteiger partial charge in [0.1, 0.15) is 5.75 Å². The van der Waals surface area contributed by atoms with Gasteiger partial charge in [0.15, 0.2) is 6.61 Å². The molecule has 0 bridgehead atoms. The Morgan fingerprint density at radius 3 is 2.41 bits per heavy atom. The van der Waals surface area contributed by atoms with E-state index in [0.717, 1.165) is 34.0 Å². The number of fused-ring (bicyclic) bond motifs is 4. The van der Waals surface area contributed by atoms with Crippen molar-refractivity contribution in [3.63, 3.8) is 0 Å². The molecule has 1 amide bonds. The zero-order valence-corrected chi connectivity index (χ0v) is 18.7. The fourth-order valence-corrected chi connectivity index (χ4v) is 4.63. The van der Waals surface area contributed by atoms with E-state index >= 15 is 0 Å². The van der Waals surface area contributed by atoms with E-state index in [0.29, 0.717) is 28.6 Å². The standard InChI is InChI=1S/C28H24N2O4/c1-2-17-13-23-27(24(14-17)34-16-25(31)32)26-21(28(29)33)8-5-9-22(26)30(23)15-18-10-11-19-6-3-4-7-20(19)12-18/h3-14H,2,15-16H2,1H3,(H2,29,33)(H,31,32). The van der Waals surface area contributed by atoms with E-state index < -0.39 is 18.5 Å². The van der Waals surface area contributed by atoms with Crippen LogP contribution in [0.5, 0.6) is 5.75 Å². The van der Waals surface area contributed by atoms with Crippen molar-refractivity contribution < 1.29 is 19.4 Å². The molecular weight excluding hydrogens is 428 g/mol. The van der Waals surface area contributed by atoms with Crippen LogP contribution in [0.2, 0.25) is 0 Å². The van der Waals surface area contributed by atoms with Crippen LogP contribution >= 0.6 is 0 Å². The molecule has 5 rings (SSSR count). The first-order valence-corrected chi connectivity index (χ1v) is 11.2. The van der Waals surface area contributed by atoms with Gasteiger partial charge in [0.05, 0.1) is 16.4 Å². The minimum absolute atomic E-state index is 0.379. The van der Waals surface area contributed by atoms with Gasteiger partial charge in [0.25, 0.3) is 0 Å². The monoisotopic (exact) mass is 452 g/mol. The van der Waals surface area contributed by atoms with E-state index in [1.165, 1.54) is 5.39 Å². The number of nitrogens with two attached hydrogens (primary N) is 1. The summed E-state index contributed by atoms with van der Waals surface area (Å²) in [6.45, 7) is 2.13. The predicted octanol–water partition coefficient (Wildman–Crippen LogP) is 5.12. The van der Waals surface area contributed by atoms with Crippen LogP contribution in [0.4, 0.5) is 0 Å². The summed E-state index contributed by atoms with van der Waals surface area (Å²) in [5, 5.41) is 12.9. The Bertz CT molecular complexity index is 1580. The Kier molecular flexibility index (Phi) is 5.42. The maximum atomic E-state index is 12.4. The number of carbonyl (C=O) groups excluding carboxylic acids is 1. The molecule has 0 spiro atoms. The molecule has 6 nitrogen and oxygen atoms in total. The lowest BCUT2D eigenvalue weighted by atomic mass is 10.0. The van der Waals surface area contributed by atoms with E-state index in [2.05, 4.69) is 41.0 Å². The lowest BCUT2D eigenvalue weighted by molar-refractivity contribution is -0.139. The van der Waals surface area contributed by atoms with Gasteiger partial charge >= 0.3 is 5.97 Å². The van der Waals surface area contributed by atoms with Gasteiger partial charge in [-0.15, -0.1) is 0 Å². The number of aromatic nitrogens is 1. The molecule has 170 valence electrons. The summed E-state index contributed by atoms with van der Waals surface area (Å²) in [6, 6.07) is 24.0. The molecule has 0 aliphatic carbocycles. The highest BCUT2D eigenvalue weighted by Crippen LogP contribution is 2.39. The number of carbonyl (C=O) groups is 2. The molecule has 0 aliphatic heterocycles. The van der Waals surface area contributed by atoms with Gasteiger partial charge < -0.3 is 20.1 Å². The molecule has 3 N–H and O–H groups in total. The van der Waals surface area contributed by atoms with Gasteiger partial charge in [-0.25, -0.2) is 4.79 Å². The molecule has 0 radical (unpaired) electrons.